The highest BCUT2D eigenvalue weighted by Crippen LogP contribution is 2.33. The van der Waals surface area contributed by atoms with Gasteiger partial charge in [-0.25, -0.2) is 0 Å². The first-order chi connectivity index (χ1) is 8.83. The van der Waals surface area contributed by atoms with Crippen molar-refractivity contribution in [1.82, 2.24) is 15.1 Å². The SMILES string of the molecule is Cc1cnn(CCNCC2Cc3ccccc32)c1. The van der Waals surface area contributed by atoms with Gasteiger partial charge in [-0.15, -0.1) is 0 Å². The lowest BCUT2D eigenvalue weighted by molar-refractivity contribution is 0.500. The van der Waals surface area contributed by atoms with E-state index in [2.05, 4.69) is 47.8 Å². The van der Waals surface area contributed by atoms with Crippen molar-refractivity contribution in [1.29, 1.82) is 0 Å². The Morgan fingerprint density at radius 3 is 3.06 bits per heavy atom. The first kappa shape index (κ1) is 11.5. The molecule has 18 heavy (non-hydrogen) atoms. The van der Waals surface area contributed by atoms with Gasteiger partial charge in [0.05, 0.1) is 12.7 Å². The van der Waals surface area contributed by atoms with E-state index < -0.39 is 0 Å². The van der Waals surface area contributed by atoms with Crippen molar-refractivity contribution in [3.63, 3.8) is 0 Å². The molecule has 0 fully saturated rings. The fourth-order valence-electron chi connectivity index (χ4n) is 2.60. The summed E-state index contributed by atoms with van der Waals surface area (Å²) in [6.45, 7) is 5.08. The monoisotopic (exact) mass is 241 g/mol. The number of hydrogen-bond donors (Lipinski definition) is 1. The van der Waals surface area contributed by atoms with E-state index in [1.165, 1.54) is 23.1 Å². The Kier molecular flexibility index (Phi) is 3.15. The maximum atomic E-state index is 4.28. The number of nitrogens with zero attached hydrogens (tertiary/aromatic N) is 2. The average molecular weight is 241 g/mol. The summed E-state index contributed by atoms with van der Waals surface area (Å²) in [5.41, 5.74) is 4.27. The van der Waals surface area contributed by atoms with Crippen LogP contribution in [0.5, 0.6) is 0 Å². The second-order valence-corrected chi connectivity index (χ2v) is 5.08. The Morgan fingerprint density at radius 1 is 1.39 bits per heavy atom. The van der Waals surface area contributed by atoms with Crippen LogP contribution in [0, 0.1) is 6.92 Å². The summed E-state index contributed by atoms with van der Waals surface area (Å²) in [6.07, 6.45) is 5.21. The molecule has 3 rings (SSSR count). The highest BCUT2D eigenvalue weighted by molar-refractivity contribution is 5.40. The van der Waals surface area contributed by atoms with E-state index >= 15 is 0 Å². The summed E-state index contributed by atoms with van der Waals surface area (Å²) in [4.78, 5) is 0. The van der Waals surface area contributed by atoms with Gasteiger partial charge in [-0.2, -0.15) is 5.10 Å². The van der Waals surface area contributed by atoms with E-state index in [4.69, 9.17) is 0 Å². The van der Waals surface area contributed by atoms with Gasteiger partial charge < -0.3 is 5.32 Å². The topological polar surface area (TPSA) is 29.9 Å². The lowest BCUT2D eigenvalue weighted by Crippen LogP contribution is -2.31. The van der Waals surface area contributed by atoms with Crippen LogP contribution >= 0.6 is 0 Å². The molecule has 1 aromatic carbocycles. The minimum atomic E-state index is 0.709. The molecule has 1 aromatic heterocycles. The molecule has 1 heterocycles. The van der Waals surface area contributed by atoms with Crippen LogP contribution in [-0.4, -0.2) is 22.9 Å². The van der Waals surface area contributed by atoms with E-state index in [1.54, 1.807) is 0 Å². The molecule has 1 N–H and O–H groups in total. The highest BCUT2D eigenvalue weighted by atomic mass is 15.3. The molecule has 0 amide bonds. The molecular weight excluding hydrogens is 222 g/mol. The van der Waals surface area contributed by atoms with Gasteiger partial charge in [0, 0.05) is 25.2 Å². The summed E-state index contributed by atoms with van der Waals surface area (Å²) < 4.78 is 2.00. The van der Waals surface area contributed by atoms with Crippen molar-refractivity contribution in [3.8, 4) is 0 Å². The maximum Gasteiger partial charge on any atom is 0.0534 e. The van der Waals surface area contributed by atoms with E-state index in [0.29, 0.717) is 5.92 Å². The van der Waals surface area contributed by atoms with Gasteiger partial charge in [-0.3, -0.25) is 4.68 Å². The smallest absolute Gasteiger partial charge is 0.0534 e. The van der Waals surface area contributed by atoms with Crippen LogP contribution in [0.3, 0.4) is 0 Å². The lowest BCUT2D eigenvalue weighted by atomic mass is 9.78. The molecule has 3 nitrogen and oxygen atoms in total. The first-order valence-electron chi connectivity index (χ1n) is 6.60. The molecule has 0 bridgehead atoms. The molecule has 1 aliphatic rings. The van der Waals surface area contributed by atoms with Crippen LogP contribution in [0.15, 0.2) is 36.7 Å². The van der Waals surface area contributed by atoms with Crippen LogP contribution in [0.4, 0.5) is 0 Å². The minimum Gasteiger partial charge on any atom is -0.314 e. The molecule has 2 aromatic rings. The summed E-state index contributed by atoms with van der Waals surface area (Å²) in [7, 11) is 0. The van der Waals surface area contributed by atoms with Gasteiger partial charge in [-0.05, 0) is 30.0 Å². The van der Waals surface area contributed by atoms with E-state index in [-0.39, 0.29) is 0 Å². The average Bonchev–Trinajstić information content (AvgIpc) is 2.75. The van der Waals surface area contributed by atoms with Gasteiger partial charge in [0.15, 0.2) is 0 Å². The van der Waals surface area contributed by atoms with E-state index in [0.717, 1.165) is 19.6 Å². The Hall–Kier alpha value is -1.61. The van der Waals surface area contributed by atoms with Gasteiger partial charge in [0.2, 0.25) is 0 Å². The molecular formula is C15H19N3. The molecule has 94 valence electrons. The predicted molar refractivity (Wildman–Crippen MR) is 72.7 cm³/mol. The van der Waals surface area contributed by atoms with Crippen molar-refractivity contribution in [3.05, 3.63) is 53.3 Å². The number of benzene rings is 1. The summed E-state index contributed by atoms with van der Waals surface area (Å²) in [6, 6.07) is 8.75. The van der Waals surface area contributed by atoms with Crippen LogP contribution in [-0.2, 0) is 13.0 Å². The Labute approximate surface area is 108 Å². The second-order valence-electron chi connectivity index (χ2n) is 5.08. The van der Waals surface area contributed by atoms with Crippen molar-refractivity contribution in [2.75, 3.05) is 13.1 Å². The van der Waals surface area contributed by atoms with Gasteiger partial charge in [0.25, 0.3) is 0 Å². The van der Waals surface area contributed by atoms with Crippen molar-refractivity contribution in [2.24, 2.45) is 0 Å². The third-order valence-electron chi connectivity index (χ3n) is 3.63. The van der Waals surface area contributed by atoms with E-state index in [1.807, 2.05) is 10.9 Å². The Bertz CT molecular complexity index is 530. The van der Waals surface area contributed by atoms with Gasteiger partial charge in [-0.1, -0.05) is 24.3 Å². The zero-order chi connectivity index (χ0) is 12.4. The number of hydrogen-bond acceptors (Lipinski definition) is 2. The molecule has 0 saturated heterocycles. The summed E-state index contributed by atoms with van der Waals surface area (Å²) >= 11 is 0. The molecule has 0 saturated carbocycles. The molecule has 1 atom stereocenters. The van der Waals surface area contributed by atoms with Crippen molar-refractivity contribution >= 4 is 0 Å². The van der Waals surface area contributed by atoms with Crippen LogP contribution in [0.2, 0.25) is 0 Å². The van der Waals surface area contributed by atoms with Crippen molar-refractivity contribution < 1.29 is 0 Å². The van der Waals surface area contributed by atoms with Crippen molar-refractivity contribution in [2.45, 2.75) is 25.8 Å². The number of fused-ring (bicyclic) bond motifs is 1. The van der Waals surface area contributed by atoms with Gasteiger partial charge in [0.1, 0.15) is 0 Å². The minimum absolute atomic E-state index is 0.709. The zero-order valence-electron chi connectivity index (χ0n) is 10.8. The number of rotatable bonds is 5. The molecule has 3 heteroatoms. The fourth-order valence-corrected chi connectivity index (χ4v) is 2.60. The normalized spacial score (nSPS) is 17.3. The molecule has 0 radical (unpaired) electrons. The molecule has 0 spiro atoms. The molecule has 1 aliphatic carbocycles. The Morgan fingerprint density at radius 2 is 2.28 bits per heavy atom. The molecule has 1 unspecified atom stereocenters. The first-order valence-corrected chi connectivity index (χ1v) is 6.60. The van der Waals surface area contributed by atoms with Gasteiger partial charge >= 0.3 is 0 Å². The summed E-state index contributed by atoms with van der Waals surface area (Å²) in [5.74, 6) is 0.709. The molecule has 0 aliphatic heterocycles. The fraction of sp³-hybridized carbons (Fsp3) is 0.400. The predicted octanol–water partition coefficient (Wildman–Crippen LogP) is 2.12. The maximum absolute atomic E-state index is 4.28. The standard InChI is InChI=1S/C15H19N3/c1-12-9-17-18(11-12)7-6-16-10-14-8-13-4-2-3-5-15(13)14/h2-5,9,11,14,16H,6-8,10H2,1H3. The number of aryl methyl sites for hydroxylation is 1. The quantitative estimate of drug-likeness (QED) is 0.813. The number of nitrogens with one attached hydrogen (secondary N) is 1. The number of aromatic nitrogens is 2. The zero-order valence-corrected chi connectivity index (χ0v) is 10.8. The largest absolute Gasteiger partial charge is 0.314 e. The second kappa shape index (κ2) is 4.94. The van der Waals surface area contributed by atoms with E-state index in [9.17, 15) is 0 Å². The third kappa shape index (κ3) is 2.31. The Balaban J connectivity index is 1.42. The van der Waals surface area contributed by atoms with Crippen LogP contribution in [0.25, 0.3) is 0 Å². The third-order valence-corrected chi connectivity index (χ3v) is 3.63. The van der Waals surface area contributed by atoms with Crippen LogP contribution in [0.1, 0.15) is 22.6 Å². The van der Waals surface area contributed by atoms with Crippen LogP contribution < -0.4 is 5.32 Å². The highest BCUT2D eigenvalue weighted by Gasteiger charge is 2.24. The summed E-state index contributed by atoms with van der Waals surface area (Å²) in [5, 5.41) is 7.80. The lowest BCUT2D eigenvalue weighted by Gasteiger charge is -2.30.